The van der Waals surface area contributed by atoms with Crippen LogP contribution in [0, 0.1) is 11.3 Å². The number of hydrogen-bond acceptors (Lipinski definition) is 7. The molecule has 0 saturated carbocycles. The molecule has 1 atom stereocenters. The number of fused-ring (bicyclic) bond motifs is 1. The van der Waals surface area contributed by atoms with Crippen LogP contribution in [0.2, 0.25) is 0 Å². The zero-order valence-electron chi connectivity index (χ0n) is 17.7. The Labute approximate surface area is 174 Å². The van der Waals surface area contributed by atoms with Crippen molar-refractivity contribution >= 4 is 10.9 Å². The molecule has 0 amide bonds. The van der Waals surface area contributed by atoms with E-state index in [2.05, 4.69) is 21.0 Å². The number of aromatic amines is 1. The van der Waals surface area contributed by atoms with Crippen LogP contribution in [0.3, 0.4) is 0 Å². The quantitative estimate of drug-likeness (QED) is 0.640. The summed E-state index contributed by atoms with van der Waals surface area (Å²) in [5, 5.41) is 10.8. The van der Waals surface area contributed by atoms with Crippen molar-refractivity contribution in [3.8, 4) is 23.6 Å². The first-order valence-corrected chi connectivity index (χ1v) is 9.49. The highest BCUT2D eigenvalue weighted by molar-refractivity contribution is 5.86. The lowest BCUT2D eigenvalue weighted by atomic mass is 9.80. The van der Waals surface area contributed by atoms with Crippen LogP contribution in [0.5, 0.6) is 17.5 Å². The Morgan fingerprint density at radius 3 is 2.27 bits per heavy atom. The summed E-state index contributed by atoms with van der Waals surface area (Å²) >= 11 is 0. The Balaban J connectivity index is 2.14. The molecule has 1 N–H and O–H groups in total. The second kappa shape index (κ2) is 8.41. The molecule has 0 fully saturated rings. The minimum absolute atomic E-state index is 0.149. The molecule has 0 aliphatic heterocycles. The van der Waals surface area contributed by atoms with Crippen molar-refractivity contribution in [2.45, 2.75) is 32.1 Å². The van der Waals surface area contributed by atoms with E-state index in [-0.39, 0.29) is 12.0 Å². The van der Waals surface area contributed by atoms with Gasteiger partial charge in [0.15, 0.2) is 0 Å². The number of rotatable bonds is 7. The lowest BCUT2D eigenvalue weighted by Crippen LogP contribution is -2.25. The fraction of sp³-hybridized carbons (Fsp3) is 0.364. The van der Waals surface area contributed by atoms with Gasteiger partial charge in [-0.15, -0.1) is 0 Å². The van der Waals surface area contributed by atoms with Gasteiger partial charge in [0.2, 0.25) is 11.8 Å². The van der Waals surface area contributed by atoms with Gasteiger partial charge in [0, 0.05) is 17.4 Å². The molecule has 0 bridgehead atoms. The third-order valence-corrected chi connectivity index (χ3v) is 5.14. The van der Waals surface area contributed by atoms with Gasteiger partial charge in [0.25, 0.3) is 5.56 Å². The maximum absolute atomic E-state index is 12.3. The van der Waals surface area contributed by atoms with Crippen molar-refractivity contribution in [2.24, 2.45) is 0 Å². The number of H-pyrrole nitrogens is 1. The van der Waals surface area contributed by atoms with Crippen LogP contribution in [-0.4, -0.2) is 36.3 Å². The van der Waals surface area contributed by atoms with Gasteiger partial charge >= 0.3 is 0 Å². The van der Waals surface area contributed by atoms with Crippen LogP contribution in [0.1, 0.15) is 30.8 Å². The molecule has 0 spiro atoms. The maximum Gasteiger partial charge on any atom is 0.251 e. The largest absolute Gasteiger partial charge is 0.496 e. The highest BCUT2D eigenvalue weighted by atomic mass is 16.5. The summed E-state index contributed by atoms with van der Waals surface area (Å²) in [5.74, 6) is 1.69. The van der Waals surface area contributed by atoms with Gasteiger partial charge in [0.05, 0.1) is 44.4 Å². The molecule has 0 radical (unpaired) electrons. The van der Waals surface area contributed by atoms with E-state index >= 15 is 0 Å². The summed E-state index contributed by atoms with van der Waals surface area (Å²) in [7, 11) is 4.57. The SMILES string of the molecule is CCc1cc2c(OC)cc(C(C)(C#N)Cc3nc(OC)cc(OC)n3)cc2[nH]c1=O. The van der Waals surface area contributed by atoms with Crippen LogP contribution >= 0.6 is 0 Å². The van der Waals surface area contributed by atoms with Crippen molar-refractivity contribution in [1.82, 2.24) is 15.0 Å². The van der Waals surface area contributed by atoms with Gasteiger partial charge in [0.1, 0.15) is 11.6 Å². The summed E-state index contributed by atoms with van der Waals surface area (Å²) in [6.45, 7) is 3.72. The molecular formula is C22H24N4O4. The van der Waals surface area contributed by atoms with E-state index in [0.717, 1.165) is 5.39 Å². The Morgan fingerprint density at radius 1 is 1.07 bits per heavy atom. The van der Waals surface area contributed by atoms with Gasteiger partial charge in [-0.2, -0.15) is 15.2 Å². The molecule has 1 aromatic carbocycles. The zero-order chi connectivity index (χ0) is 21.9. The molecule has 30 heavy (non-hydrogen) atoms. The number of pyridine rings is 1. The van der Waals surface area contributed by atoms with Gasteiger partial charge in [-0.3, -0.25) is 4.79 Å². The van der Waals surface area contributed by atoms with Gasteiger partial charge in [-0.1, -0.05) is 6.92 Å². The van der Waals surface area contributed by atoms with Gasteiger partial charge in [-0.05, 0) is 37.1 Å². The Hall–Kier alpha value is -3.60. The number of nitriles is 1. The molecular weight excluding hydrogens is 384 g/mol. The van der Waals surface area contributed by atoms with E-state index in [9.17, 15) is 10.1 Å². The van der Waals surface area contributed by atoms with Crippen molar-refractivity contribution in [1.29, 1.82) is 5.26 Å². The molecule has 3 aromatic rings. The molecule has 8 heteroatoms. The van der Waals surface area contributed by atoms with E-state index in [1.807, 2.05) is 19.1 Å². The third-order valence-electron chi connectivity index (χ3n) is 5.14. The molecule has 2 aromatic heterocycles. The van der Waals surface area contributed by atoms with Crippen LogP contribution in [0.4, 0.5) is 0 Å². The van der Waals surface area contributed by atoms with Crippen LogP contribution < -0.4 is 19.8 Å². The second-order valence-electron chi connectivity index (χ2n) is 7.11. The summed E-state index contributed by atoms with van der Waals surface area (Å²) < 4.78 is 16.0. The summed E-state index contributed by atoms with van der Waals surface area (Å²) in [4.78, 5) is 23.9. The van der Waals surface area contributed by atoms with E-state index in [0.29, 0.717) is 46.4 Å². The number of aromatic nitrogens is 3. The highest BCUT2D eigenvalue weighted by Gasteiger charge is 2.30. The topological polar surface area (TPSA) is 110 Å². The van der Waals surface area contributed by atoms with Gasteiger partial charge in [-0.25, -0.2) is 0 Å². The van der Waals surface area contributed by atoms with Crippen molar-refractivity contribution < 1.29 is 14.2 Å². The Bertz CT molecular complexity index is 1160. The van der Waals surface area contributed by atoms with Gasteiger partial charge < -0.3 is 19.2 Å². The number of methoxy groups -OCH3 is 3. The lowest BCUT2D eigenvalue weighted by Gasteiger charge is -2.23. The number of aryl methyl sites for hydroxylation is 1. The van der Waals surface area contributed by atoms with Crippen molar-refractivity contribution in [3.63, 3.8) is 0 Å². The zero-order valence-corrected chi connectivity index (χ0v) is 17.7. The normalized spacial score (nSPS) is 12.8. The first kappa shape index (κ1) is 21.1. The Morgan fingerprint density at radius 2 is 1.73 bits per heavy atom. The average Bonchev–Trinajstić information content (AvgIpc) is 2.77. The summed E-state index contributed by atoms with van der Waals surface area (Å²) in [5.41, 5.74) is 0.827. The molecule has 8 nitrogen and oxygen atoms in total. The van der Waals surface area contributed by atoms with E-state index in [1.54, 1.807) is 26.2 Å². The second-order valence-corrected chi connectivity index (χ2v) is 7.11. The summed E-state index contributed by atoms with van der Waals surface area (Å²) in [6.07, 6.45) is 0.824. The average molecular weight is 408 g/mol. The lowest BCUT2D eigenvalue weighted by molar-refractivity contribution is 0.366. The first-order chi connectivity index (χ1) is 14.4. The Kier molecular flexibility index (Phi) is 5.92. The maximum atomic E-state index is 12.3. The monoisotopic (exact) mass is 408 g/mol. The molecule has 156 valence electrons. The van der Waals surface area contributed by atoms with Crippen LogP contribution in [0.25, 0.3) is 10.9 Å². The fourth-order valence-electron chi connectivity index (χ4n) is 3.33. The molecule has 0 saturated heterocycles. The molecule has 3 rings (SSSR count). The van der Waals surface area contributed by atoms with Crippen LogP contribution in [-0.2, 0) is 18.3 Å². The minimum Gasteiger partial charge on any atom is -0.496 e. The van der Waals surface area contributed by atoms with E-state index in [1.165, 1.54) is 14.2 Å². The molecule has 1 unspecified atom stereocenters. The minimum atomic E-state index is -0.987. The van der Waals surface area contributed by atoms with Crippen molar-refractivity contribution in [3.05, 3.63) is 51.6 Å². The number of ether oxygens (including phenoxy) is 3. The summed E-state index contributed by atoms with van der Waals surface area (Å²) in [6, 6.07) is 9.39. The molecule has 0 aliphatic carbocycles. The number of nitrogens with zero attached hydrogens (tertiary/aromatic N) is 3. The predicted octanol–water partition coefficient (Wildman–Crippen LogP) is 2.93. The van der Waals surface area contributed by atoms with Crippen molar-refractivity contribution in [2.75, 3.05) is 21.3 Å². The molecule has 0 aliphatic rings. The third kappa shape index (κ3) is 3.92. The number of nitrogens with one attached hydrogen (secondary N) is 1. The van der Waals surface area contributed by atoms with E-state index in [4.69, 9.17) is 14.2 Å². The molecule has 2 heterocycles. The number of benzene rings is 1. The standard InChI is InChI=1S/C22H24N4O4/c1-6-13-7-15-16(24-21(13)27)8-14(9-17(15)28-3)22(2,12-23)11-18-25-19(29-4)10-20(26-18)30-5/h7-10H,6,11H2,1-5H3,(H,24,27). The van der Waals surface area contributed by atoms with E-state index < -0.39 is 5.41 Å². The number of hydrogen-bond donors (Lipinski definition) is 1. The fourth-order valence-corrected chi connectivity index (χ4v) is 3.33. The highest BCUT2D eigenvalue weighted by Crippen LogP contribution is 2.34. The smallest absolute Gasteiger partial charge is 0.251 e. The van der Waals surface area contributed by atoms with Crippen LogP contribution in [0.15, 0.2) is 29.1 Å². The first-order valence-electron chi connectivity index (χ1n) is 9.49. The predicted molar refractivity (Wildman–Crippen MR) is 112 cm³/mol.